The molecule has 106 valence electrons. The number of halogens is 1. The highest BCUT2D eigenvalue weighted by Gasteiger charge is 2.18. The van der Waals surface area contributed by atoms with E-state index in [1.165, 1.54) is 12.1 Å². The molecule has 0 radical (unpaired) electrons. The van der Waals surface area contributed by atoms with Gasteiger partial charge in [-0.3, -0.25) is 0 Å². The van der Waals surface area contributed by atoms with E-state index in [-0.39, 0.29) is 11.5 Å². The van der Waals surface area contributed by atoms with Gasteiger partial charge in [0.25, 0.3) is 0 Å². The summed E-state index contributed by atoms with van der Waals surface area (Å²) in [4.78, 5) is 4.51. The van der Waals surface area contributed by atoms with Gasteiger partial charge in [-0.2, -0.15) is 5.26 Å². The molecular formula is C16H15FN4. The van der Waals surface area contributed by atoms with Crippen LogP contribution in [0.3, 0.4) is 0 Å². The number of hydrogen-bond donors (Lipinski definition) is 1. The lowest BCUT2D eigenvalue weighted by Crippen LogP contribution is -2.07. The standard InChI is InChI=1S/C16H15FN4/c1-4-7-21-15(19)14(20-16(21)10(2)3)11-5-6-13(17)12(8-11)9-18/h1,5-6,8,10H,7,19H2,2-3H3. The molecule has 0 spiro atoms. The third kappa shape index (κ3) is 2.59. The van der Waals surface area contributed by atoms with Gasteiger partial charge in [0.15, 0.2) is 0 Å². The van der Waals surface area contributed by atoms with Gasteiger partial charge in [0, 0.05) is 11.5 Å². The van der Waals surface area contributed by atoms with E-state index in [1.54, 1.807) is 10.6 Å². The Morgan fingerprint density at radius 2 is 2.19 bits per heavy atom. The van der Waals surface area contributed by atoms with Crippen LogP contribution in [0.5, 0.6) is 0 Å². The molecule has 1 aromatic carbocycles. The first kappa shape index (κ1) is 14.6. The topological polar surface area (TPSA) is 67.6 Å². The second-order valence-electron chi connectivity index (χ2n) is 4.96. The number of nitriles is 1. The molecule has 0 aliphatic heterocycles. The number of benzene rings is 1. The molecule has 2 aromatic rings. The van der Waals surface area contributed by atoms with Gasteiger partial charge < -0.3 is 10.3 Å². The van der Waals surface area contributed by atoms with Gasteiger partial charge in [0.1, 0.15) is 29.2 Å². The van der Waals surface area contributed by atoms with Crippen molar-refractivity contribution in [1.82, 2.24) is 9.55 Å². The van der Waals surface area contributed by atoms with Gasteiger partial charge in [-0.25, -0.2) is 9.37 Å². The summed E-state index contributed by atoms with van der Waals surface area (Å²) in [5, 5.41) is 8.92. The molecule has 5 heteroatoms. The van der Waals surface area contributed by atoms with Crippen LogP contribution < -0.4 is 5.73 Å². The number of aromatic nitrogens is 2. The zero-order chi connectivity index (χ0) is 15.6. The summed E-state index contributed by atoms with van der Waals surface area (Å²) in [5.41, 5.74) is 7.20. The number of terminal acetylenes is 1. The van der Waals surface area contributed by atoms with Gasteiger partial charge in [-0.1, -0.05) is 19.8 Å². The highest BCUT2D eigenvalue weighted by atomic mass is 19.1. The highest BCUT2D eigenvalue weighted by Crippen LogP contribution is 2.30. The normalized spacial score (nSPS) is 10.4. The summed E-state index contributed by atoms with van der Waals surface area (Å²) < 4.78 is 15.2. The van der Waals surface area contributed by atoms with E-state index in [4.69, 9.17) is 17.4 Å². The predicted molar refractivity (Wildman–Crippen MR) is 79.7 cm³/mol. The van der Waals surface area contributed by atoms with Crippen LogP contribution >= 0.6 is 0 Å². The predicted octanol–water partition coefficient (Wildman–Crippen LogP) is 2.90. The minimum absolute atomic E-state index is 0.0375. The first-order valence-electron chi connectivity index (χ1n) is 6.49. The van der Waals surface area contributed by atoms with Gasteiger partial charge in [-0.15, -0.1) is 6.42 Å². The smallest absolute Gasteiger partial charge is 0.140 e. The third-order valence-corrected chi connectivity index (χ3v) is 3.16. The van der Waals surface area contributed by atoms with Gasteiger partial charge in [0.05, 0.1) is 12.1 Å². The number of rotatable bonds is 3. The second kappa shape index (κ2) is 5.68. The van der Waals surface area contributed by atoms with Crippen molar-refractivity contribution in [3.63, 3.8) is 0 Å². The zero-order valence-corrected chi connectivity index (χ0v) is 11.9. The third-order valence-electron chi connectivity index (χ3n) is 3.16. The maximum Gasteiger partial charge on any atom is 0.140 e. The summed E-state index contributed by atoms with van der Waals surface area (Å²) in [5.74, 6) is 3.32. The monoisotopic (exact) mass is 282 g/mol. The molecule has 4 nitrogen and oxygen atoms in total. The quantitative estimate of drug-likeness (QED) is 0.880. The molecule has 2 N–H and O–H groups in total. The van der Waals surface area contributed by atoms with Crippen LogP contribution in [-0.4, -0.2) is 9.55 Å². The second-order valence-corrected chi connectivity index (χ2v) is 4.96. The Morgan fingerprint density at radius 3 is 2.76 bits per heavy atom. The van der Waals surface area contributed by atoms with Crippen LogP contribution in [0, 0.1) is 29.5 Å². The average Bonchev–Trinajstić information content (AvgIpc) is 2.78. The Labute approximate surface area is 123 Å². The van der Waals surface area contributed by atoms with Crippen LogP contribution in [0.4, 0.5) is 10.2 Å². The summed E-state index contributed by atoms with van der Waals surface area (Å²) >= 11 is 0. The van der Waals surface area contributed by atoms with Crippen molar-refractivity contribution >= 4 is 5.82 Å². The largest absolute Gasteiger partial charge is 0.383 e. The average molecular weight is 282 g/mol. The Kier molecular flexibility index (Phi) is 3.95. The van der Waals surface area contributed by atoms with Gasteiger partial charge in [-0.05, 0) is 18.2 Å². The van der Waals surface area contributed by atoms with Crippen LogP contribution in [0.25, 0.3) is 11.3 Å². The van der Waals surface area contributed by atoms with Crippen molar-refractivity contribution in [2.75, 3.05) is 5.73 Å². The van der Waals surface area contributed by atoms with E-state index in [2.05, 4.69) is 10.9 Å². The maximum absolute atomic E-state index is 13.4. The molecular weight excluding hydrogens is 267 g/mol. The molecule has 0 amide bonds. The number of imidazole rings is 1. The molecule has 0 aliphatic carbocycles. The van der Waals surface area contributed by atoms with Crippen molar-refractivity contribution in [3.8, 4) is 29.7 Å². The van der Waals surface area contributed by atoms with Crippen LogP contribution in [0.2, 0.25) is 0 Å². The minimum Gasteiger partial charge on any atom is -0.383 e. The van der Waals surface area contributed by atoms with Gasteiger partial charge in [0.2, 0.25) is 0 Å². The molecule has 0 atom stereocenters. The first-order valence-corrected chi connectivity index (χ1v) is 6.49. The fraction of sp³-hybridized carbons (Fsp3) is 0.250. The fourth-order valence-corrected chi connectivity index (χ4v) is 2.15. The number of hydrogen-bond acceptors (Lipinski definition) is 3. The zero-order valence-electron chi connectivity index (χ0n) is 11.9. The lowest BCUT2D eigenvalue weighted by molar-refractivity contribution is 0.624. The van der Waals surface area contributed by atoms with Gasteiger partial charge >= 0.3 is 0 Å². The van der Waals surface area contributed by atoms with E-state index < -0.39 is 5.82 Å². The van der Waals surface area contributed by atoms with E-state index in [0.29, 0.717) is 23.6 Å². The van der Waals surface area contributed by atoms with E-state index in [9.17, 15) is 4.39 Å². The number of nitrogens with zero attached hydrogens (tertiary/aromatic N) is 3. The molecule has 21 heavy (non-hydrogen) atoms. The number of nitrogens with two attached hydrogens (primary N) is 1. The first-order chi connectivity index (χ1) is 9.99. The van der Waals surface area contributed by atoms with Crippen LogP contribution in [-0.2, 0) is 6.54 Å². The van der Waals surface area contributed by atoms with E-state index in [1.807, 2.05) is 19.9 Å². The molecule has 0 saturated carbocycles. The van der Waals surface area contributed by atoms with Crippen molar-refractivity contribution < 1.29 is 4.39 Å². The lowest BCUT2D eigenvalue weighted by atomic mass is 10.1. The van der Waals surface area contributed by atoms with Crippen molar-refractivity contribution in [2.45, 2.75) is 26.3 Å². The van der Waals surface area contributed by atoms with Crippen LogP contribution in [0.1, 0.15) is 31.2 Å². The SMILES string of the molecule is C#CCn1c(C(C)C)nc(-c2ccc(F)c(C#N)c2)c1N. The van der Waals surface area contributed by atoms with Crippen molar-refractivity contribution in [3.05, 3.63) is 35.4 Å². The molecule has 1 aromatic heterocycles. The molecule has 2 rings (SSSR count). The molecule has 0 saturated heterocycles. The molecule has 0 unspecified atom stereocenters. The van der Waals surface area contributed by atoms with E-state index >= 15 is 0 Å². The summed E-state index contributed by atoms with van der Waals surface area (Å²) in [6, 6.07) is 6.05. The summed E-state index contributed by atoms with van der Waals surface area (Å²) in [7, 11) is 0. The molecule has 1 heterocycles. The summed E-state index contributed by atoms with van der Waals surface area (Å²) in [6.07, 6.45) is 5.37. The Morgan fingerprint density at radius 1 is 1.48 bits per heavy atom. The fourth-order valence-electron chi connectivity index (χ4n) is 2.15. The van der Waals surface area contributed by atoms with E-state index in [0.717, 1.165) is 5.82 Å². The number of anilines is 1. The number of nitrogen functional groups attached to an aromatic ring is 1. The van der Waals surface area contributed by atoms with Crippen LogP contribution in [0.15, 0.2) is 18.2 Å². The Balaban J connectivity index is 2.63. The molecule has 0 aliphatic rings. The minimum atomic E-state index is -0.563. The molecule has 0 fully saturated rings. The maximum atomic E-state index is 13.4. The lowest BCUT2D eigenvalue weighted by Gasteiger charge is -2.08. The van der Waals surface area contributed by atoms with Crippen molar-refractivity contribution in [2.24, 2.45) is 0 Å². The Bertz CT molecular complexity index is 760. The summed E-state index contributed by atoms with van der Waals surface area (Å²) in [6.45, 7) is 4.30. The van der Waals surface area contributed by atoms with Crippen molar-refractivity contribution in [1.29, 1.82) is 5.26 Å². The highest BCUT2D eigenvalue weighted by molar-refractivity contribution is 5.72. The Hall–Kier alpha value is -2.79. The molecule has 0 bridgehead atoms.